The van der Waals surface area contributed by atoms with E-state index < -0.39 is 0 Å². The van der Waals surface area contributed by atoms with Gasteiger partial charge in [-0.3, -0.25) is 4.79 Å². The summed E-state index contributed by atoms with van der Waals surface area (Å²) in [5.74, 6) is 1.13. The van der Waals surface area contributed by atoms with E-state index in [1.165, 1.54) is 26.1 Å². The average Bonchev–Trinajstić information content (AvgIpc) is 2.65. The standard InChI is InChI=1S/C15H26N2O2/c1-11(2)7-16-4-3-15(8-16)9-17(10-15)14(19)12-5-13(18)6-12/h11-13,18H,3-10H2,1-2H3. The van der Waals surface area contributed by atoms with E-state index in [-0.39, 0.29) is 12.0 Å². The number of hydrogen-bond acceptors (Lipinski definition) is 3. The molecule has 3 rings (SSSR count). The summed E-state index contributed by atoms with van der Waals surface area (Å²) in [5, 5.41) is 9.29. The lowest BCUT2D eigenvalue weighted by molar-refractivity contribution is -0.154. The Labute approximate surface area is 115 Å². The molecule has 0 unspecified atom stereocenters. The van der Waals surface area contributed by atoms with Crippen molar-refractivity contribution in [2.24, 2.45) is 17.3 Å². The molecule has 1 amide bonds. The van der Waals surface area contributed by atoms with Crippen molar-refractivity contribution in [1.82, 2.24) is 9.80 Å². The quantitative estimate of drug-likeness (QED) is 0.827. The molecule has 108 valence electrons. The SMILES string of the molecule is CC(C)CN1CCC2(C1)CN(C(=O)C1CC(O)C1)C2. The molecule has 3 fully saturated rings. The fourth-order valence-corrected chi connectivity index (χ4v) is 3.93. The van der Waals surface area contributed by atoms with Gasteiger partial charge < -0.3 is 14.9 Å². The minimum absolute atomic E-state index is 0.112. The molecule has 2 aliphatic heterocycles. The highest BCUT2D eigenvalue weighted by Crippen LogP contribution is 2.42. The normalized spacial score (nSPS) is 33.6. The van der Waals surface area contributed by atoms with E-state index in [0.717, 1.165) is 19.0 Å². The number of carbonyl (C=O) groups is 1. The Morgan fingerprint density at radius 2 is 2.00 bits per heavy atom. The lowest BCUT2D eigenvalue weighted by atomic mass is 9.75. The number of carbonyl (C=O) groups excluding carboxylic acids is 1. The fourth-order valence-electron chi connectivity index (χ4n) is 3.93. The van der Waals surface area contributed by atoms with Crippen LogP contribution < -0.4 is 0 Å². The molecule has 3 aliphatic rings. The summed E-state index contributed by atoms with van der Waals surface area (Å²) < 4.78 is 0. The van der Waals surface area contributed by atoms with Crippen LogP contribution in [0.2, 0.25) is 0 Å². The van der Waals surface area contributed by atoms with E-state index >= 15 is 0 Å². The molecule has 1 aliphatic carbocycles. The van der Waals surface area contributed by atoms with Crippen molar-refractivity contribution in [3.63, 3.8) is 0 Å². The first-order valence-corrected chi connectivity index (χ1v) is 7.67. The van der Waals surface area contributed by atoms with Gasteiger partial charge in [-0.2, -0.15) is 0 Å². The molecule has 4 nitrogen and oxygen atoms in total. The van der Waals surface area contributed by atoms with Crippen LogP contribution in [0.4, 0.5) is 0 Å². The van der Waals surface area contributed by atoms with Gasteiger partial charge in [-0.05, 0) is 31.7 Å². The molecule has 1 N–H and O–H groups in total. The minimum Gasteiger partial charge on any atom is -0.393 e. The van der Waals surface area contributed by atoms with Crippen molar-refractivity contribution in [2.75, 3.05) is 32.7 Å². The van der Waals surface area contributed by atoms with Crippen molar-refractivity contribution in [1.29, 1.82) is 0 Å². The topological polar surface area (TPSA) is 43.8 Å². The first-order chi connectivity index (χ1) is 8.97. The first-order valence-electron chi connectivity index (χ1n) is 7.67. The van der Waals surface area contributed by atoms with Crippen LogP contribution in [0.15, 0.2) is 0 Å². The van der Waals surface area contributed by atoms with E-state index in [9.17, 15) is 9.90 Å². The number of hydrogen-bond donors (Lipinski definition) is 1. The summed E-state index contributed by atoms with van der Waals surface area (Å²) in [6.07, 6.45) is 2.39. The largest absolute Gasteiger partial charge is 0.393 e. The summed E-state index contributed by atoms with van der Waals surface area (Å²) in [6, 6.07) is 0. The van der Waals surface area contributed by atoms with E-state index in [2.05, 4.69) is 18.7 Å². The summed E-state index contributed by atoms with van der Waals surface area (Å²) in [6.45, 7) is 9.99. The van der Waals surface area contributed by atoms with Gasteiger partial charge in [0.25, 0.3) is 0 Å². The summed E-state index contributed by atoms with van der Waals surface area (Å²) in [5.41, 5.74) is 0.396. The molecule has 2 saturated heterocycles. The Bertz CT molecular complexity index is 357. The van der Waals surface area contributed by atoms with Crippen LogP contribution in [0.5, 0.6) is 0 Å². The Kier molecular flexibility index (Phi) is 3.34. The van der Waals surface area contributed by atoms with Crippen LogP contribution in [-0.4, -0.2) is 59.6 Å². The molecule has 0 radical (unpaired) electrons. The predicted octanol–water partition coefficient (Wildman–Crippen LogP) is 0.948. The number of likely N-dealkylation sites (tertiary alicyclic amines) is 2. The number of aliphatic hydroxyl groups is 1. The molecular weight excluding hydrogens is 240 g/mol. The maximum Gasteiger partial charge on any atom is 0.225 e. The fraction of sp³-hybridized carbons (Fsp3) is 0.933. The lowest BCUT2D eigenvalue weighted by Crippen LogP contribution is -2.61. The molecule has 1 saturated carbocycles. The van der Waals surface area contributed by atoms with Gasteiger partial charge in [-0.1, -0.05) is 13.8 Å². The van der Waals surface area contributed by atoms with Crippen molar-refractivity contribution >= 4 is 5.91 Å². The van der Waals surface area contributed by atoms with Crippen molar-refractivity contribution < 1.29 is 9.90 Å². The number of amides is 1. The lowest BCUT2D eigenvalue weighted by Gasteiger charge is -2.50. The molecule has 1 spiro atoms. The molecule has 0 aromatic carbocycles. The van der Waals surface area contributed by atoms with Gasteiger partial charge in [-0.25, -0.2) is 0 Å². The second-order valence-electron chi connectivity index (χ2n) is 7.40. The molecule has 0 atom stereocenters. The molecule has 2 heterocycles. The van der Waals surface area contributed by atoms with Gasteiger partial charge in [-0.15, -0.1) is 0 Å². The highest BCUT2D eigenvalue weighted by Gasteiger charge is 2.51. The predicted molar refractivity (Wildman–Crippen MR) is 73.6 cm³/mol. The number of aliphatic hydroxyl groups excluding tert-OH is 1. The highest BCUT2D eigenvalue weighted by atomic mass is 16.3. The third-order valence-corrected chi connectivity index (χ3v) is 4.97. The van der Waals surface area contributed by atoms with Crippen LogP contribution in [0.3, 0.4) is 0 Å². The van der Waals surface area contributed by atoms with Crippen LogP contribution >= 0.6 is 0 Å². The van der Waals surface area contributed by atoms with Gasteiger partial charge in [0.05, 0.1) is 6.10 Å². The van der Waals surface area contributed by atoms with E-state index in [1.54, 1.807) is 0 Å². The van der Waals surface area contributed by atoms with Gasteiger partial charge >= 0.3 is 0 Å². The van der Waals surface area contributed by atoms with Crippen LogP contribution in [0.1, 0.15) is 33.1 Å². The van der Waals surface area contributed by atoms with Gasteiger partial charge in [0.1, 0.15) is 0 Å². The molecule has 0 bridgehead atoms. The second-order valence-corrected chi connectivity index (χ2v) is 7.40. The summed E-state index contributed by atoms with van der Waals surface area (Å²) in [7, 11) is 0. The highest BCUT2D eigenvalue weighted by molar-refractivity contribution is 5.80. The summed E-state index contributed by atoms with van der Waals surface area (Å²) in [4.78, 5) is 16.7. The second kappa shape index (κ2) is 4.74. The number of rotatable bonds is 3. The van der Waals surface area contributed by atoms with Crippen molar-refractivity contribution in [3.05, 3.63) is 0 Å². The zero-order valence-electron chi connectivity index (χ0n) is 12.1. The van der Waals surface area contributed by atoms with Gasteiger partial charge in [0.2, 0.25) is 5.91 Å². The monoisotopic (exact) mass is 266 g/mol. The van der Waals surface area contributed by atoms with E-state index in [1.807, 2.05) is 4.90 Å². The molecule has 19 heavy (non-hydrogen) atoms. The maximum absolute atomic E-state index is 12.2. The Hall–Kier alpha value is -0.610. The molecular formula is C15H26N2O2. The van der Waals surface area contributed by atoms with Gasteiger partial charge in [0, 0.05) is 37.5 Å². The van der Waals surface area contributed by atoms with E-state index in [0.29, 0.717) is 24.2 Å². The number of nitrogens with zero attached hydrogens (tertiary/aromatic N) is 2. The Balaban J connectivity index is 1.46. The first kappa shape index (κ1) is 13.4. The average molecular weight is 266 g/mol. The summed E-state index contributed by atoms with van der Waals surface area (Å²) >= 11 is 0. The van der Waals surface area contributed by atoms with Crippen LogP contribution in [-0.2, 0) is 4.79 Å². The minimum atomic E-state index is -0.225. The Morgan fingerprint density at radius 1 is 1.32 bits per heavy atom. The van der Waals surface area contributed by atoms with Crippen LogP contribution in [0, 0.1) is 17.3 Å². The van der Waals surface area contributed by atoms with Crippen molar-refractivity contribution in [2.45, 2.75) is 39.2 Å². The zero-order chi connectivity index (χ0) is 13.6. The maximum atomic E-state index is 12.2. The van der Waals surface area contributed by atoms with Gasteiger partial charge in [0.15, 0.2) is 0 Å². The van der Waals surface area contributed by atoms with Crippen molar-refractivity contribution in [3.8, 4) is 0 Å². The third kappa shape index (κ3) is 2.52. The molecule has 0 aromatic rings. The Morgan fingerprint density at radius 3 is 2.58 bits per heavy atom. The molecule has 4 heteroatoms. The van der Waals surface area contributed by atoms with Crippen LogP contribution in [0.25, 0.3) is 0 Å². The van der Waals surface area contributed by atoms with E-state index in [4.69, 9.17) is 0 Å². The smallest absolute Gasteiger partial charge is 0.225 e. The third-order valence-electron chi connectivity index (χ3n) is 4.97. The zero-order valence-corrected chi connectivity index (χ0v) is 12.1. The molecule has 0 aromatic heterocycles.